The number of dihydropyridines is 1. The van der Waals surface area contributed by atoms with Crippen LogP contribution < -0.4 is 30.2 Å². The van der Waals surface area contributed by atoms with Gasteiger partial charge in [-0.1, -0.05) is 11.8 Å². The third-order valence-electron chi connectivity index (χ3n) is 6.17. The van der Waals surface area contributed by atoms with Gasteiger partial charge < -0.3 is 34.6 Å². The molecule has 41 heavy (non-hydrogen) atoms. The number of thioether (sulfide) groups is 1. The molecule has 1 atom stereocenters. The second-order valence-electron chi connectivity index (χ2n) is 8.78. The zero-order valence-electron chi connectivity index (χ0n) is 23.1. The number of nitriles is 1. The van der Waals surface area contributed by atoms with E-state index >= 15 is 0 Å². The molecule has 2 amide bonds. The van der Waals surface area contributed by atoms with Gasteiger partial charge >= 0.3 is 0 Å². The van der Waals surface area contributed by atoms with Gasteiger partial charge in [0.2, 0.25) is 5.91 Å². The van der Waals surface area contributed by atoms with Gasteiger partial charge in [-0.25, -0.2) is 0 Å². The zero-order chi connectivity index (χ0) is 29.4. The van der Waals surface area contributed by atoms with Crippen LogP contribution in [0.4, 0.5) is 11.4 Å². The molecule has 0 fully saturated rings. The highest BCUT2D eigenvalue weighted by Gasteiger charge is 2.36. The summed E-state index contributed by atoms with van der Waals surface area (Å²) in [4.78, 5) is 26.4. The summed E-state index contributed by atoms with van der Waals surface area (Å²) >= 11 is 1.15. The number of methoxy groups -OCH3 is 2. The fourth-order valence-electron chi connectivity index (χ4n) is 4.29. The maximum atomic E-state index is 13.5. The maximum Gasteiger partial charge on any atom is 0.254 e. The molecule has 0 bridgehead atoms. The van der Waals surface area contributed by atoms with E-state index in [0.29, 0.717) is 57.3 Å². The van der Waals surface area contributed by atoms with Gasteiger partial charge in [-0.2, -0.15) is 5.26 Å². The molecule has 0 unspecified atom stereocenters. The summed E-state index contributed by atoms with van der Waals surface area (Å²) in [6, 6.07) is 17.7. The number of ether oxygens (including phenoxy) is 3. The molecule has 0 spiro atoms. The third kappa shape index (κ3) is 6.85. The maximum absolute atomic E-state index is 13.5. The molecule has 1 aliphatic heterocycles. The third-order valence-corrected chi connectivity index (χ3v) is 7.19. The number of hydrogen-bond donors (Lipinski definition) is 3. The monoisotopic (exact) mass is 574 g/mol. The highest BCUT2D eigenvalue weighted by atomic mass is 32.2. The largest absolute Gasteiger partial charge is 0.497 e. The Labute approximate surface area is 242 Å². The van der Waals surface area contributed by atoms with E-state index in [1.807, 2.05) is 6.92 Å². The number of amides is 2. The summed E-state index contributed by atoms with van der Waals surface area (Å²) in [5.41, 5.74) is 2.20. The van der Waals surface area contributed by atoms with Crippen LogP contribution >= 0.6 is 11.8 Å². The first-order valence-corrected chi connectivity index (χ1v) is 13.7. The van der Waals surface area contributed by atoms with Crippen molar-refractivity contribution in [3.8, 4) is 23.3 Å². The number of hydrogen-bond acceptors (Lipinski definition) is 9. The Bertz CT molecular complexity index is 1510. The van der Waals surface area contributed by atoms with Gasteiger partial charge in [0.05, 0.1) is 66.7 Å². The number of allylic oxidation sites excluding steroid dienone is 2. The Hall–Kier alpha value is -4.82. The quantitative estimate of drug-likeness (QED) is 0.275. The van der Waals surface area contributed by atoms with Crippen molar-refractivity contribution in [3.05, 3.63) is 88.5 Å². The average molecular weight is 575 g/mol. The Balaban J connectivity index is 1.54. The van der Waals surface area contributed by atoms with E-state index in [0.717, 1.165) is 11.8 Å². The molecular formula is C30H30N4O6S. The van der Waals surface area contributed by atoms with Gasteiger partial charge in [0.15, 0.2) is 0 Å². The fourth-order valence-corrected chi connectivity index (χ4v) is 5.18. The van der Waals surface area contributed by atoms with Gasteiger partial charge in [-0.3, -0.25) is 9.59 Å². The second-order valence-corrected chi connectivity index (χ2v) is 9.77. The molecule has 1 aliphatic rings. The van der Waals surface area contributed by atoms with Crippen LogP contribution in [0.15, 0.2) is 87.1 Å². The van der Waals surface area contributed by atoms with Gasteiger partial charge in [-0.05, 0) is 62.4 Å². The first-order valence-electron chi connectivity index (χ1n) is 12.7. The lowest BCUT2D eigenvalue weighted by Crippen LogP contribution is -2.31. The zero-order valence-corrected chi connectivity index (χ0v) is 23.9. The molecule has 0 saturated heterocycles. The lowest BCUT2D eigenvalue weighted by atomic mass is 9.85. The van der Waals surface area contributed by atoms with Crippen LogP contribution in [-0.4, -0.2) is 38.4 Å². The molecular weight excluding hydrogens is 544 g/mol. The molecule has 212 valence electrons. The molecule has 0 aliphatic carbocycles. The molecule has 11 heteroatoms. The number of anilines is 2. The smallest absolute Gasteiger partial charge is 0.254 e. The topological polar surface area (TPSA) is 135 Å². The van der Waals surface area contributed by atoms with Gasteiger partial charge in [0.1, 0.15) is 23.0 Å². The summed E-state index contributed by atoms with van der Waals surface area (Å²) in [6.07, 6.45) is 1.49. The number of carbonyl (C=O) groups excluding carboxylic acids is 2. The SMILES string of the molecule is CCOc1ccc(NC(=O)C2=C(C)NC(SCC(=O)Nc3ccc(OC)cc3OC)=C(C#N)[C@@H]2c2ccco2)cc1. The number of nitrogens with zero attached hydrogens (tertiary/aromatic N) is 1. The normalized spacial score (nSPS) is 14.6. The summed E-state index contributed by atoms with van der Waals surface area (Å²) in [5.74, 6) is 0.708. The highest BCUT2D eigenvalue weighted by molar-refractivity contribution is 8.03. The number of benzene rings is 2. The van der Waals surface area contributed by atoms with Crippen LogP contribution in [0.3, 0.4) is 0 Å². The first-order chi connectivity index (χ1) is 19.9. The van der Waals surface area contributed by atoms with Gasteiger partial charge in [0.25, 0.3) is 5.91 Å². The van der Waals surface area contributed by atoms with Gasteiger partial charge in [-0.15, -0.1) is 0 Å². The standard InChI is InChI=1S/C30H30N4O6S/c1-5-39-20-10-8-19(9-11-20)33-29(36)27-18(2)32-30(22(16-31)28(27)24-7-6-14-40-24)41-17-26(35)34-23-13-12-21(37-3)15-25(23)38-4/h6-15,28,32H,5,17H2,1-4H3,(H,33,36)(H,34,35)/t28-/m1/s1. The minimum absolute atomic E-state index is 0.00540. The predicted molar refractivity (Wildman–Crippen MR) is 157 cm³/mol. The van der Waals surface area contributed by atoms with Crippen LogP contribution in [-0.2, 0) is 9.59 Å². The van der Waals surface area contributed by atoms with Crippen molar-refractivity contribution in [3.63, 3.8) is 0 Å². The van der Waals surface area contributed by atoms with Crippen LogP contribution in [0.1, 0.15) is 25.5 Å². The summed E-state index contributed by atoms with van der Waals surface area (Å²) in [6.45, 7) is 4.18. The lowest BCUT2D eigenvalue weighted by molar-refractivity contribution is -0.114. The number of carbonyl (C=O) groups is 2. The number of nitrogens with one attached hydrogen (secondary N) is 3. The Morgan fingerprint density at radius 1 is 1.07 bits per heavy atom. The highest BCUT2D eigenvalue weighted by Crippen LogP contribution is 2.41. The number of furan rings is 1. The molecule has 1 aromatic heterocycles. The summed E-state index contributed by atoms with van der Waals surface area (Å²) in [5, 5.41) is 19.6. The Morgan fingerprint density at radius 3 is 2.46 bits per heavy atom. The Morgan fingerprint density at radius 2 is 1.83 bits per heavy atom. The molecule has 0 saturated carbocycles. The van der Waals surface area contributed by atoms with Crippen LogP contribution in [0.5, 0.6) is 17.2 Å². The fraction of sp³-hybridized carbons (Fsp3) is 0.233. The van der Waals surface area contributed by atoms with E-state index in [2.05, 4.69) is 22.0 Å². The molecule has 10 nitrogen and oxygen atoms in total. The minimum atomic E-state index is -0.772. The summed E-state index contributed by atoms with van der Waals surface area (Å²) in [7, 11) is 3.05. The van der Waals surface area contributed by atoms with E-state index in [1.165, 1.54) is 13.4 Å². The van der Waals surface area contributed by atoms with Crippen molar-refractivity contribution < 1.29 is 28.2 Å². The molecule has 3 N–H and O–H groups in total. The number of rotatable bonds is 11. The Kier molecular flexibility index (Phi) is 9.60. The van der Waals surface area contributed by atoms with Crippen LogP contribution in [0.2, 0.25) is 0 Å². The molecule has 2 aromatic carbocycles. The minimum Gasteiger partial charge on any atom is -0.497 e. The van der Waals surface area contributed by atoms with Gasteiger partial charge in [0, 0.05) is 17.5 Å². The first kappa shape index (κ1) is 29.2. The van der Waals surface area contributed by atoms with E-state index in [1.54, 1.807) is 68.6 Å². The lowest BCUT2D eigenvalue weighted by Gasteiger charge is -2.28. The van der Waals surface area contributed by atoms with Crippen LogP contribution in [0.25, 0.3) is 0 Å². The predicted octanol–water partition coefficient (Wildman–Crippen LogP) is 5.40. The molecule has 2 heterocycles. The van der Waals surface area contributed by atoms with Crippen molar-refractivity contribution in [2.45, 2.75) is 19.8 Å². The van der Waals surface area contributed by atoms with E-state index < -0.39 is 5.92 Å². The summed E-state index contributed by atoms with van der Waals surface area (Å²) < 4.78 is 21.7. The molecule has 4 rings (SSSR count). The van der Waals surface area contributed by atoms with Crippen molar-refractivity contribution in [2.75, 3.05) is 37.2 Å². The van der Waals surface area contributed by atoms with Crippen molar-refractivity contribution in [2.24, 2.45) is 0 Å². The second kappa shape index (κ2) is 13.5. The molecule has 0 radical (unpaired) electrons. The van der Waals surface area contributed by atoms with Crippen molar-refractivity contribution >= 4 is 35.0 Å². The van der Waals surface area contributed by atoms with Crippen LogP contribution in [0, 0.1) is 11.3 Å². The van der Waals surface area contributed by atoms with Crippen molar-refractivity contribution in [1.29, 1.82) is 5.26 Å². The van der Waals surface area contributed by atoms with E-state index in [4.69, 9.17) is 18.6 Å². The van der Waals surface area contributed by atoms with E-state index in [-0.39, 0.29) is 23.1 Å². The van der Waals surface area contributed by atoms with E-state index in [9.17, 15) is 14.9 Å². The van der Waals surface area contributed by atoms with Crippen molar-refractivity contribution in [1.82, 2.24) is 5.32 Å². The average Bonchev–Trinajstić information content (AvgIpc) is 3.51. The molecule has 3 aromatic rings.